The van der Waals surface area contributed by atoms with Crippen LogP contribution in [0.15, 0.2) is 35.1 Å². The lowest BCUT2D eigenvalue weighted by molar-refractivity contribution is -0.142. The van der Waals surface area contributed by atoms with Crippen molar-refractivity contribution in [3.05, 3.63) is 51.9 Å². The van der Waals surface area contributed by atoms with Crippen molar-refractivity contribution < 1.29 is 23.1 Å². The quantitative estimate of drug-likeness (QED) is 0.850. The molecule has 0 aliphatic carbocycles. The first-order chi connectivity index (χ1) is 8.32. The van der Waals surface area contributed by atoms with Gasteiger partial charge in [-0.1, -0.05) is 6.07 Å². The Balaban J connectivity index is 2.95. The van der Waals surface area contributed by atoms with Crippen LogP contribution in [0.3, 0.4) is 0 Å². The molecule has 2 aromatic heterocycles. The van der Waals surface area contributed by atoms with Crippen LogP contribution < -0.4 is 5.56 Å². The molecule has 2 rings (SSSR count). The largest absolute Gasteiger partial charge is 0.477 e. The van der Waals surface area contributed by atoms with Crippen LogP contribution in [0.1, 0.15) is 16.1 Å². The molecule has 4 nitrogen and oxygen atoms in total. The van der Waals surface area contributed by atoms with Gasteiger partial charge in [0, 0.05) is 5.52 Å². The van der Waals surface area contributed by atoms with Gasteiger partial charge in [0.2, 0.25) is 0 Å². The third kappa shape index (κ3) is 1.83. The van der Waals surface area contributed by atoms with Gasteiger partial charge in [0.05, 0.1) is 0 Å². The SMILES string of the molecule is O=C(O)c1ccc2cccc(C(F)(F)F)n2c1=O. The van der Waals surface area contributed by atoms with Gasteiger partial charge in [-0.25, -0.2) is 4.79 Å². The summed E-state index contributed by atoms with van der Waals surface area (Å²) in [6, 6.07) is 5.31. The number of nitrogens with zero attached hydrogens (tertiary/aromatic N) is 1. The Morgan fingerprint density at radius 1 is 1.17 bits per heavy atom. The number of hydrogen-bond donors (Lipinski definition) is 1. The van der Waals surface area contributed by atoms with Crippen molar-refractivity contribution in [3.8, 4) is 0 Å². The minimum absolute atomic E-state index is 0.0141. The molecule has 1 N–H and O–H groups in total. The Morgan fingerprint density at radius 2 is 1.83 bits per heavy atom. The fourth-order valence-electron chi connectivity index (χ4n) is 1.63. The van der Waals surface area contributed by atoms with E-state index in [-0.39, 0.29) is 5.52 Å². The normalized spacial score (nSPS) is 11.7. The third-order valence-electron chi connectivity index (χ3n) is 2.40. The van der Waals surface area contributed by atoms with Crippen LogP contribution in [0.5, 0.6) is 0 Å². The smallest absolute Gasteiger partial charge is 0.431 e. The minimum atomic E-state index is -4.74. The van der Waals surface area contributed by atoms with Crippen LogP contribution in [0, 0.1) is 0 Å². The Hall–Kier alpha value is -2.31. The Morgan fingerprint density at radius 3 is 2.39 bits per heavy atom. The molecule has 0 bridgehead atoms. The van der Waals surface area contributed by atoms with Crippen molar-refractivity contribution in [2.24, 2.45) is 0 Å². The Kier molecular flexibility index (Phi) is 2.61. The number of rotatable bonds is 1. The maximum Gasteiger partial charge on any atom is 0.431 e. The molecule has 0 saturated heterocycles. The number of alkyl halides is 3. The van der Waals surface area contributed by atoms with E-state index >= 15 is 0 Å². The molecule has 0 atom stereocenters. The molecule has 0 radical (unpaired) electrons. The van der Waals surface area contributed by atoms with Gasteiger partial charge in [-0.15, -0.1) is 0 Å². The summed E-state index contributed by atoms with van der Waals surface area (Å²) in [6.07, 6.45) is -4.74. The molecule has 0 spiro atoms. The van der Waals surface area contributed by atoms with E-state index in [0.29, 0.717) is 4.40 Å². The zero-order valence-corrected chi connectivity index (χ0v) is 8.73. The summed E-state index contributed by atoms with van der Waals surface area (Å²) in [6.45, 7) is 0. The molecule has 0 saturated carbocycles. The van der Waals surface area contributed by atoms with E-state index in [1.807, 2.05) is 0 Å². The standard InChI is InChI=1S/C11H6F3NO3/c12-11(13,14)8-3-1-2-6-4-5-7(10(17)18)9(16)15(6)8/h1-5H,(H,17,18). The second kappa shape index (κ2) is 3.86. The van der Waals surface area contributed by atoms with Gasteiger partial charge in [-0.2, -0.15) is 13.2 Å². The molecule has 0 unspecified atom stereocenters. The topological polar surface area (TPSA) is 58.8 Å². The summed E-state index contributed by atoms with van der Waals surface area (Å²) in [5, 5.41) is 8.72. The fraction of sp³-hybridized carbons (Fsp3) is 0.0909. The molecule has 0 aliphatic heterocycles. The number of aromatic nitrogens is 1. The van der Waals surface area contributed by atoms with Crippen molar-refractivity contribution in [1.82, 2.24) is 4.40 Å². The van der Waals surface area contributed by atoms with Crippen LogP contribution in [-0.4, -0.2) is 15.5 Å². The molecule has 2 heterocycles. The van der Waals surface area contributed by atoms with Crippen LogP contribution in [0.2, 0.25) is 0 Å². The highest BCUT2D eigenvalue weighted by Gasteiger charge is 2.34. The highest BCUT2D eigenvalue weighted by atomic mass is 19.4. The molecule has 0 amide bonds. The first-order valence-corrected chi connectivity index (χ1v) is 4.77. The lowest BCUT2D eigenvalue weighted by atomic mass is 10.2. The van der Waals surface area contributed by atoms with E-state index in [1.54, 1.807) is 0 Å². The number of pyridine rings is 2. The summed E-state index contributed by atoms with van der Waals surface area (Å²) in [4.78, 5) is 22.5. The van der Waals surface area contributed by atoms with Crippen LogP contribution in [0.25, 0.3) is 5.52 Å². The van der Waals surface area contributed by atoms with Gasteiger partial charge < -0.3 is 5.11 Å². The number of hydrogen-bond acceptors (Lipinski definition) is 2. The molecule has 0 aliphatic rings. The summed E-state index contributed by atoms with van der Waals surface area (Å²) < 4.78 is 38.5. The fourth-order valence-corrected chi connectivity index (χ4v) is 1.63. The highest BCUT2D eigenvalue weighted by Crippen LogP contribution is 2.28. The summed E-state index contributed by atoms with van der Waals surface area (Å²) >= 11 is 0. The van der Waals surface area contributed by atoms with Gasteiger partial charge >= 0.3 is 12.1 Å². The van der Waals surface area contributed by atoms with Gasteiger partial charge in [-0.05, 0) is 24.3 Å². The Bertz CT molecular complexity index is 688. The van der Waals surface area contributed by atoms with E-state index in [2.05, 4.69) is 0 Å². The molecule has 0 fully saturated rings. The Labute approximate surface area is 97.9 Å². The first kappa shape index (κ1) is 12.2. The molecule has 7 heteroatoms. The lowest BCUT2D eigenvalue weighted by Crippen LogP contribution is -2.26. The zero-order chi connectivity index (χ0) is 13.5. The van der Waals surface area contributed by atoms with Crippen LogP contribution in [-0.2, 0) is 6.18 Å². The maximum absolute atomic E-state index is 12.7. The highest BCUT2D eigenvalue weighted by molar-refractivity contribution is 5.87. The molecule has 2 aromatic rings. The molecule has 94 valence electrons. The lowest BCUT2D eigenvalue weighted by Gasteiger charge is -2.11. The van der Waals surface area contributed by atoms with Crippen molar-refractivity contribution >= 4 is 11.5 Å². The average Bonchev–Trinajstić information content (AvgIpc) is 2.27. The molecule has 18 heavy (non-hydrogen) atoms. The monoisotopic (exact) mass is 257 g/mol. The van der Waals surface area contributed by atoms with E-state index in [0.717, 1.165) is 24.3 Å². The van der Waals surface area contributed by atoms with Crippen molar-refractivity contribution in [2.75, 3.05) is 0 Å². The second-order valence-corrected chi connectivity index (χ2v) is 3.53. The third-order valence-corrected chi connectivity index (χ3v) is 2.40. The summed E-state index contributed by atoms with van der Waals surface area (Å²) in [5.74, 6) is -1.56. The van der Waals surface area contributed by atoms with Gasteiger partial charge in [0.15, 0.2) is 0 Å². The van der Waals surface area contributed by atoms with Crippen LogP contribution >= 0.6 is 0 Å². The number of halogens is 3. The predicted molar refractivity (Wildman–Crippen MR) is 55.6 cm³/mol. The van der Waals surface area contributed by atoms with Gasteiger partial charge in [0.1, 0.15) is 11.3 Å². The molecule has 0 aromatic carbocycles. The number of carbonyl (C=O) groups is 1. The van der Waals surface area contributed by atoms with Crippen molar-refractivity contribution in [3.63, 3.8) is 0 Å². The van der Waals surface area contributed by atoms with E-state index in [1.165, 1.54) is 6.07 Å². The second-order valence-electron chi connectivity index (χ2n) is 3.53. The summed E-state index contributed by atoms with van der Waals surface area (Å²) in [5.41, 5.74) is -3.12. The van der Waals surface area contributed by atoms with Gasteiger partial charge in [0.25, 0.3) is 5.56 Å². The number of aromatic carboxylic acids is 1. The van der Waals surface area contributed by atoms with Crippen LogP contribution in [0.4, 0.5) is 13.2 Å². The average molecular weight is 257 g/mol. The van der Waals surface area contributed by atoms with E-state index < -0.39 is 29.0 Å². The zero-order valence-electron chi connectivity index (χ0n) is 8.73. The number of fused-ring (bicyclic) bond motifs is 1. The van der Waals surface area contributed by atoms with Gasteiger partial charge in [-0.3, -0.25) is 9.20 Å². The summed E-state index contributed by atoms with van der Waals surface area (Å²) in [7, 11) is 0. The molecular formula is C11H6F3NO3. The van der Waals surface area contributed by atoms with Crippen molar-refractivity contribution in [1.29, 1.82) is 0 Å². The maximum atomic E-state index is 12.7. The number of carboxylic acids is 1. The number of carboxylic acid groups (broad SMARTS) is 1. The van der Waals surface area contributed by atoms with E-state index in [4.69, 9.17) is 5.11 Å². The van der Waals surface area contributed by atoms with E-state index in [9.17, 15) is 22.8 Å². The predicted octanol–water partition coefficient (Wildman–Crippen LogP) is 2.02. The molecular weight excluding hydrogens is 251 g/mol. The first-order valence-electron chi connectivity index (χ1n) is 4.77. The minimum Gasteiger partial charge on any atom is -0.477 e. The van der Waals surface area contributed by atoms with Crippen molar-refractivity contribution in [2.45, 2.75) is 6.18 Å².